The maximum atomic E-state index is 12.7. The smallest absolute Gasteiger partial charge is 0.416 e. The molecular formula is C20H16F3N3O2S. The SMILES string of the molecule is COc1ccc(-c2ccc(SCC(=O)Nc3cccc(C(F)(F)F)c3)nn2)cc1. The minimum absolute atomic E-state index is 0.00713. The number of halogens is 3. The molecule has 0 atom stereocenters. The van der Waals surface area contributed by atoms with Gasteiger partial charge >= 0.3 is 6.18 Å². The van der Waals surface area contributed by atoms with Crippen LogP contribution in [0.4, 0.5) is 18.9 Å². The molecule has 0 bridgehead atoms. The molecule has 5 nitrogen and oxygen atoms in total. The topological polar surface area (TPSA) is 64.1 Å². The highest BCUT2D eigenvalue weighted by Crippen LogP contribution is 2.30. The van der Waals surface area contributed by atoms with Gasteiger partial charge in [0.1, 0.15) is 10.8 Å². The van der Waals surface area contributed by atoms with Gasteiger partial charge in [0.25, 0.3) is 0 Å². The predicted octanol–water partition coefficient (Wildman–Crippen LogP) is 4.90. The number of carbonyl (C=O) groups excluding carboxylic acids is 1. The van der Waals surface area contributed by atoms with E-state index in [1.54, 1.807) is 19.2 Å². The Labute approximate surface area is 169 Å². The Morgan fingerprint density at radius 1 is 1.07 bits per heavy atom. The minimum atomic E-state index is -4.46. The molecule has 0 aliphatic carbocycles. The highest BCUT2D eigenvalue weighted by Gasteiger charge is 2.30. The predicted molar refractivity (Wildman–Crippen MR) is 105 cm³/mol. The van der Waals surface area contributed by atoms with Crippen LogP contribution in [0.25, 0.3) is 11.3 Å². The maximum Gasteiger partial charge on any atom is 0.416 e. The van der Waals surface area contributed by atoms with Gasteiger partial charge in [0, 0.05) is 11.3 Å². The van der Waals surface area contributed by atoms with Crippen molar-refractivity contribution >= 4 is 23.4 Å². The molecule has 2 aromatic carbocycles. The summed E-state index contributed by atoms with van der Waals surface area (Å²) >= 11 is 1.14. The largest absolute Gasteiger partial charge is 0.497 e. The molecule has 0 saturated carbocycles. The van der Waals surface area contributed by atoms with E-state index in [4.69, 9.17) is 4.74 Å². The number of nitrogens with one attached hydrogen (secondary N) is 1. The number of rotatable bonds is 6. The van der Waals surface area contributed by atoms with Crippen LogP contribution in [0.5, 0.6) is 5.75 Å². The van der Waals surface area contributed by atoms with E-state index in [2.05, 4.69) is 15.5 Å². The maximum absolute atomic E-state index is 12.7. The van der Waals surface area contributed by atoms with E-state index in [0.717, 1.165) is 35.2 Å². The lowest BCUT2D eigenvalue weighted by atomic mass is 10.1. The number of thioether (sulfide) groups is 1. The Hall–Kier alpha value is -3.07. The monoisotopic (exact) mass is 419 g/mol. The molecule has 9 heteroatoms. The number of nitrogens with zero attached hydrogens (tertiary/aromatic N) is 2. The molecule has 0 fully saturated rings. The number of carbonyl (C=O) groups is 1. The number of hydrogen-bond donors (Lipinski definition) is 1. The summed E-state index contributed by atoms with van der Waals surface area (Å²) < 4.78 is 43.3. The zero-order chi connectivity index (χ0) is 20.9. The summed E-state index contributed by atoms with van der Waals surface area (Å²) in [4.78, 5) is 12.0. The Balaban J connectivity index is 1.56. The summed E-state index contributed by atoms with van der Waals surface area (Å²) in [5.41, 5.74) is 0.817. The number of ether oxygens (including phenoxy) is 1. The summed E-state index contributed by atoms with van der Waals surface area (Å²) in [5, 5.41) is 11.2. The molecule has 0 radical (unpaired) electrons. The molecular weight excluding hydrogens is 403 g/mol. The highest BCUT2D eigenvalue weighted by atomic mass is 32.2. The second-order valence-electron chi connectivity index (χ2n) is 5.90. The third kappa shape index (κ3) is 5.71. The molecule has 0 spiro atoms. The van der Waals surface area contributed by atoms with Crippen LogP contribution in [0, 0.1) is 0 Å². The lowest BCUT2D eigenvalue weighted by Crippen LogP contribution is -2.15. The average molecular weight is 419 g/mol. The lowest BCUT2D eigenvalue weighted by molar-refractivity contribution is -0.137. The summed E-state index contributed by atoms with van der Waals surface area (Å²) in [6.07, 6.45) is -4.46. The van der Waals surface area contributed by atoms with E-state index in [1.165, 1.54) is 12.1 Å². The van der Waals surface area contributed by atoms with Gasteiger partial charge in [-0.15, -0.1) is 10.2 Å². The van der Waals surface area contributed by atoms with Crippen molar-refractivity contribution in [2.24, 2.45) is 0 Å². The molecule has 1 heterocycles. The van der Waals surface area contributed by atoms with Gasteiger partial charge in [-0.2, -0.15) is 13.2 Å². The van der Waals surface area contributed by atoms with Crippen LogP contribution >= 0.6 is 11.8 Å². The van der Waals surface area contributed by atoms with Crippen molar-refractivity contribution in [1.29, 1.82) is 0 Å². The number of methoxy groups -OCH3 is 1. The van der Waals surface area contributed by atoms with Gasteiger partial charge in [0.05, 0.1) is 24.1 Å². The number of benzene rings is 2. The first-order chi connectivity index (χ1) is 13.8. The van der Waals surface area contributed by atoms with Gasteiger partial charge in [-0.3, -0.25) is 4.79 Å². The van der Waals surface area contributed by atoms with Crippen LogP contribution < -0.4 is 10.1 Å². The number of anilines is 1. The van der Waals surface area contributed by atoms with Gasteiger partial charge in [0.2, 0.25) is 5.91 Å². The van der Waals surface area contributed by atoms with Crippen molar-refractivity contribution in [3.8, 4) is 17.0 Å². The molecule has 0 unspecified atom stereocenters. The molecule has 150 valence electrons. The summed E-state index contributed by atoms with van der Waals surface area (Å²) in [6.45, 7) is 0. The van der Waals surface area contributed by atoms with Crippen LogP contribution in [0.2, 0.25) is 0 Å². The van der Waals surface area contributed by atoms with Gasteiger partial charge < -0.3 is 10.1 Å². The van der Waals surface area contributed by atoms with E-state index < -0.39 is 17.6 Å². The van der Waals surface area contributed by atoms with Crippen molar-refractivity contribution in [1.82, 2.24) is 10.2 Å². The minimum Gasteiger partial charge on any atom is -0.497 e. The average Bonchev–Trinajstić information content (AvgIpc) is 2.72. The summed E-state index contributed by atoms with van der Waals surface area (Å²) in [6, 6.07) is 15.4. The zero-order valence-corrected chi connectivity index (χ0v) is 16.1. The summed E-state index contributed by atoms with van der Waals surface area (Å²) in [5.74, 6) is 0.295. The molecule has 1 N–H and O–H groups in total. The van der Waals surface area contributed by atoms with Crippen molar-refractivity contribution in [3.63, 3.8) is 0 Å². The molecule has 3 aromatic rings. The zero-order valence-electron chi connectivity index (χ0n) is 15.2. The first kappa shape index (κ1) is 20.7. The van der Waals surface area contributed by atoms with E-state index in [-0.39, 0.29) is 11.4 Å². The fraction of sp³-hybridized carbons (Fsp3) is 0.150. The van der Waals surface area contributed by atoms with E-state index in [0.29, 0.717) is 10.7 Å². The standard InChI is InChI=1S/C20H16F3N3O2S/c1-28-16-7-5-13(6-8-16)17-9-10-19(26-25-17)29-12-18(27)24-15-4-2-3-14(11-15)20(21,22)23/h2-11H,12H2,1H3,(H,24,27). The molecule has 3 rings (SSSR count). The second-order valence-corrected chi connectivity index (χ2v) is 6.90. The van der Waals surface area contributed by atoms with Crippen molar-refractivity contribution in [2.45, 2.75) is 11.2 Å². The van der Waals surface area contributed by atoms with Crippen LogP contribution in [0.15, 0.2) is 65.7 Å². The van der Waals surface area contributed by atoms with Crippen LogP contribution in [-0.4, -0.2) is 29.0 Å². The molecule has 1 aromatic heterocycles. The van der Waals surface area contributed by atoms with Crippen LogP contribution in [0.3, 0.4) is 0 Å². The molecule has 29 heavy (non-hydrogen) atoms. The molecule has 1 amide bonds. The van der Waals surface area contributed by atoms with Gasteiger partial charge in [-0.25, -0.2) is 0 Å². The summed E-state index contributed by atoms with van der Waals surface area (Å²) in [7, 11) is 1.59. The first-order valence-electron chi connectivity index (χ1n) is 8.43. The Morgan fingerprint density at radius 3 is 2.45 bits per heavy atom. The Bertz CT molecular complexity index is 978. The number of hydrogen-bond acceptors (Lipinski definition) is 5. The molecule has 0 saturated heterocycles. The quantitative estimate of drug-likeness (QED) is 0.576. The van der Waals surface area contributed by atoms with Crippen molar-refractivity contribution < 1.29 is 22.7 Å². The normalized spacial score (nSPS) is 11.2. The van der Waals surface area contributed by atoms with Gasteiger partial charge in [-0.1, -0.05) is 17.8 Å². The fourth-order valence-electron chi connectivity index (χ4n) is 2.42. The van der Waals surface area contributed by atoms with Crippen LogP contribution in [0.1, 0.15) is 5.56 Å². The Morgan fingerprint density at radius 2 is 1.83 bits per heavy atom. The fourth-order valence-corrected chi connectivity index (χ4v) is 3.04. The lowest BCUT2D eigenvalue weighted by Gasteiger charge is -2.09. The van der Waals surface area contributed by atoms with Crippen molar-refractivity contribution in [3.05, 3.63) is 66.2 Å². The van der Waals surface area contributed by atoms with E-state index in [9.17, 15) is 18.0 Å². The number of aromatic nitrogens is 2. The highest BCUT2D eigenvalue weighted by molar-refractivity contribution is 7.99. The van der Waals surface area contributed by atoms with E-state index >= 15 is 0 Å². The van der Waals surface area contributed by atoms with E-state index in [1.807, 2.05) is 24.3 Å². The molecule has 0 aliphatic rings. The van der Waals surface area contributed by atoms with Crippen molar-refractivity contribution in [2.75, 3.05) is 18.2 Å². The number of alkyl halides is 3. The third-order valence-electron chi connectivity index (χ3n) is 3.85. The van der Waals surface area contributed by atoms with Gasteiger partial charge in [-0.05, 0) is 54.6 Å². The third-order valence-corrected chi connectivity index (χ3v) is 4.77. The molecule has 0 aliphatic heterocycles. The van der Waals surface area contributed by atoms with Gasteiger partial charge in [0.15, 0.2) is 0 Å². The Kier molecular flexibility index (Phi) is 6.38. The van der Waals surface area contributed by atoms with Crippen LogP contribution in [-0.2, 0) is 11.0 Å². The number of amides is 1. The second kappa shape index (κ2) is 8.95. The first-order valence-corrected chi connectivity index (χ1v) is 9.42.